The third-order valence-corrected chi connectivity index (χ3v) is 2.01. The first-order chi connectivity index (χ1) is 4.64. The highest BCUT2D eigenvalue weighted by Crippen LogP contribution is 2.14. The third kappa shape index (κ3) is 2.01. The SMILES string of the molecule is CC1(C)CNC(C=S)NC1. The molecule has 1 heterocycles. The quantitative estimate of drug-likeness (QED) is 0.544. The van der Waals surface area contributed by atoms with Gasteiger partial charge in [-0.05, 0) is 5.41 Å². The average molecular weight is 158 g/mol. The van der Waals surface area contributed by atoms with Gasteiger partial charge in [-0.1, -0.05) is 26.1 Å². The van der Waals surface area contributed by atoms with Crippen molar-refractivity contribution < 1.29 is 0 Å². The molecule has 58 valence electrons. The molecular formula is C7H14N2S. The molecule has 2 nitrogen and oxygen atoms in total. The van der Waals surface area contributed by atoms with Gasteiger partial charge in [0.2, 0.25) is 0 Å². The summed E-state index contributed by atoms with van der Waals surface area (Å²) in [6.45, 7) is 6.54. The van der Waals surface area contributed by atoms with E-state index in [9.17, 15) is 0 Å². The Kier molecular flexibility index (Phi) is 2.39. The summed E-state index contributed by atoms with van der Waals surface area (Å²) in [6.07, 6.45) is 0.239. The Morgan fingerprint density at radius 3 is 2.30 bits per heavy atom. The Morgan fingerprint density at radius 1 is 1.40 bits per heavy atom. The molecule has 0 atom stereocenters. The van der Waals surface area contributed by atoms with Gasteiger partial charge in [-0.25, -0.2) is 0 Å². The van der Waals surface area contributed by atoms with Crippen molar-refractivity contribution in [3.05, 3.63) is 0 Å². The molecule has 0 aromatic heterocycles. The fourth-order valence-electron chi connectivity index (χ4n) is 1.00. The van der Waals surface area contributed by atoms with Crippen LogP contribution < -0.4 is 10.6 Å². The average Bonchev–Trinajstić information content (AvgIpc) is 1.88. The predicted molar refractivity (Wildman–Crippen MR) is 47.2 cm³/mol. The van der Waals surface area contributed by atoms with E-state index >= 15 is 0 Å². The summed E-state index contributed by atoms with van der Waals surface area (Å²) in [6, 6.07) is 0. The summed E-state index contributed by atoms with van der Waals surface area (Å²) in [4.78, 5) is 0. The van der Waals surface area contributed by atoms with Gasteiger partial charge in [-0.2, -0.15) is 0 Å². The lowest BCUT2D eigenvalue weighted by Gasteiger charge is -2.34. The second kappa shape index (κ2) is 2.95. The molecular weight excluding hydrogens is 144 g/mol. The van der Waals surface area contributed by atoms with E-state index in [0.717, 1.165) is 13.1 Å². The van der Waals surface area contributed by atoms with Crippen LogP contribution in [0.4, 0.5) is 0 Å². The van der Waals surface area contributed by atoms with E-state index in [1.165, 1.54) is 0 Å². The Hall–Kier alpha value is 0.01000. The number of thiocarbonyl (C=S) groups is 1. The normalized spacial score (nSPS) is 26.2. The zero-order valence-corrected chi connectivity index (χ0v) is 7.29. The highest BCUT2D eigenvalue weighted by molar-refractivity contribution is 7.79. The van der Waals surface area contributed by atoms with Gasteiger partial charge >= 0.3 is 0 Å². The van der Waals surface area contributed by atoms with E-state index in [1.54, 1.807) is 5.37 Å². The maximum absolute atomic E-state index is 4.80. The van der Waals surface area contributed by atoms with Crippen LogP contribution in [0.25, 0.3) is 0 Å². The van der Waals surface area contributed by atoms with Crippen molar-refractivity contribution in [1.29, 1.82) is 0 Å². The second-order valence-electron chi connectivity index (χ2n) is 3.54. The van der Waals surface area contributed by atoms with Crippen molar-refractivity contribution in [2.45, 2.75) is 20.0 Å². The molecule has 1 aliphatic heterocycles. The molecule has 1 rings (SSSR count). The van der Waals surface area contributed by atoms with Gasteiger partial charge in [-0.15, -0.1) is 0 Å². The number of hydrogen-bond acceptors (Lipinski definition) is 3. The molecule has 0 spiro atoms. The van der Waals surface area contributed by atoms with E-state index in [4.69, 9.17) is 12.2 Å². The molecule has 3 heteroatoms. The zero-order valence-electron chi connectivity index (χ0n) is 6.48. The Balaban J connectivity index is 2.38. The largest absolute Gasteiger partial charge is 0.297 e. The molecule has 0 aliphatic carbocycles. The fourth-order valence-corrected chi connectivity index (χ4v) is 1.20. The first kappa shape index (κ1) is 8.11. The van der Waals surface area contributed by atoms with Crippen molar-refractivity contribution in [2.24, 2.45) is 5.41 Å². The van der Waals surface area contributed by atoms with Crippen molar-refractivity contribution in [3.63, 3.8) is 0 Å². The van der Waals surface area contributed by atoms with Crippen LogP contribution in [-0.2, 0) is 0 Å². The van der Waals surface area contributed by atoms with Gasteiger partial charge in [0, 0.05) is 18.5 Å². The topological polar surface area (TPSA) is 24.1 Å². The van der Waals surface area contributed by atoms with Gasteiger partial charge in [-0.3, -0.25) is 10.6 Å². The van der Waals surface area contributed by atoms with Crippen LogP contribution in [0.2, 0.25) is 0 Å². The van der Waals surface area contributed by atoms with Crippen molar-refractivity contribution in [2.75, 3.05) is 13.1 Å². The summed E-state index contributed by atoms with van der Waals surface area (Å²) in [5, 5.41) is 8.31. The molecule has 1 saturated heterocycles. The van der Waals surface area contributed by atoms with E-state index in [2.05, 4.69) is 24.5 Å². The van der Waals surface area contributed by atoms with E-state index < -0.39 is 0 Å². The van der Waals surface area contributed by atoms with E-state index in [0.29, 0.717) is 5.41 Å². The van der Waals surface area contributed by atoms with Gasteiger partial charge in [0.15, 0.2) is 0 Å². The smallest absolute Gasteiger partial charge is 0.0869 e. The van der Waals surface area contributed by atoms with Gasteiger partial charge in [0.05, 0.1) is 6.17 Å². The van der Waals surface area contributed by atoms with E-state index in [1.807, 2.05) is 0 Å². The van der Waals surface area contributed by atoms with Crippen LogP contribution in [0.5, 0.6) is 0 Å². The maximum atomic E-state index is 4.80. The summed E-state index contributed by atoms with van der Waals surface area (Å²) in [5.41, 5.74) is 0.370. The lowest BCUT2D eigenvalue weighted by Crippen LogP contribution is -2.56. The first-order valence-corrected chi connectivity index (χ1v) is 4.03. The van der Waals surface area contributed by atoms with Crippen LogP contribution >= 0.6 is 12.2 Å². The van der Waals surface area contributed by atoms with Crippen LogP contribution in [0, 0.1) is 5.41 Å². The molecule has 0 amide bonds. The minimum atomic E-state index is 0.239. The van der Waals surface area contributed by atoms with Crippen molar-refractivity contribution in [3.8, 4) is 0 Å². The lowest BCUT2D eigenvalue weighted by molar-refractivity contribution is 0.251. The monoisotopic (exact) mass is 158 g/mol. The number of rotatable bonds is 1. The van der Waals surface area contributed by atoms with Crippen LogP contribution in [0.1, 0.15) is 13.8 Å². The fraction of sp³-hybridized carbons (Fsp3) is 0.857. The van der Waals surface area contributed by atoms with Crippen molar-refractivity contribution >= 4 is 17.6 Å². The summed E-state index contributed by atoms with van der Waals surface area (Å²) < 4.78 is 0. The van der Waals surface area contributed by atoms with Gasteiger partial charge in [0.25, 0.3) is 0 Å². The number of hydrogen-bond donors (Lipinski definition) is 2. The molecule has 0 aromatic rings. The molecule has 0 radical (unpaired) electrons. The van der Waals surface area contributed by atoms with Crippen molar-refractivity contribution in [1.82, 2.24) is 10.6 Å². The first-order valence-electron chi connectivity index (χ1n) is 3.56. The summed E-state index contributed by atoms with van der Waals surface area (Å²) in [5.74, 6) is 0. The molecule has 2 N–H and O–H groups in total. The molecule has 0 bridgehead atoms. The molecule has 0 aromatic carbocycles. The molecule has 1 aliphatic rings. The highest BCUT2D eigenvalue weighted by atomic mass is 32.1. The zero-order chi connectivity index (χ0) is 7.61. The van der Waals surface area contributed by atoms with Gasteiger partial charge < -0.3 is 0 Å². The molecule has 0 unspecified atom stereocenters. The Bertz CT molecular complexity index is 124. The maximum Gasteiger partial charge on any atom is 0.0869 e. The predicted octanol–water partition coefficient (Wildman–Crippen LogP) is 0.531. The summed E-state index contributed by atoms with van der Waals surface area (Å²) in [7, 11) is 0. The van der Waals surface area contributed by atoms with Crippen LogP contribution in [0.3, 0.4) is 0 Å². The third-order valence-electron chi connectivity index (χ3n) is 1.74. The molecule has 10 heavy (non-hydrogen) atoms. The number of nitrogens with one attached hydrogen (secondary N) is 2. The second-order valence-corrected chi connectivity index (χ2v) is 3.81. The Morgan fingerprint density at radius 2 is 1.90 bits per heavy atom. The van der Waals surface area contributed by atoms with Crippen LogP contribution in [-0.4, -0.2) is 24.6 Å². The van der Waals surface area contributed by atoms with Crippen LogP contribution in [0.15, 0.2) is 0 Å². The minimum Gasteiger partial charge on any atom is -0.297 e. The molecule has 0 saturated carbocycles. The molecule has 1 fully saturated rings. The highest BCUT2D eigenvalue weighted by Gasteiger charge is 2.24. The standard InChI is InChI=1S/C7H14N2S/c1-7(2)4-8-6(3-10)9-5-7/h3,6,8-9H,4-5H2,1-2H3. The van der Waals surface area contributed by atoms with Gasteiger partial charge in [0.1, 0.15) is 0 Å². The Labute approximate surface area is 67.4 Å². The lowest BCUT2D eigenvalue weighted by atomic mass is 9.91. The minimum absolute atomic E-state index is 0.239. The van der Waals surface area contributed by atoms with E-state index in [-0.39, 0.29) is 6.17 Å². The summed E-state index contributed by atoms with van der Waals surface area (Å²) >= 11 is 4.80.